The van der Waals surface area contributed by atoms with Crippen molar-refractivity contribution < 1.29 is 27.5 Å². The third-order valence-electron chi connectivity index (χ3n) is 8.94. The minimum atomic E-state index is -4.25. The van der Waals surface area contributed by atoms with Gasteiger partial charge in [0.1, 0.15) is 25.8 Å². The Labute approximate surface area is 292 Å². The standard InChI is InChI=1S/C38H40ClN3O6S/c39-33-19-11-10-14-29(33)26-41(34(24-28-12-4-1-5-13-28)38(44)40-30-15-6-2-7-16-30)37(43)27-42(49(45,46)32-17-8-3-9-18-32)31-20-21-35-36(25-31)48-23-22-47-35/h1,3-5,8-14,17-21,25,30,34H,2,6-7,15-16,22-24,26-27H2,(H,40,44). The first kappa shape index (κ1) is 34.3. The van der Waals surface area contributed by atoms with Gasteiger partial charge in [-0.1, -0.05) is 97.6 Å². The molecule has 1 unspecified atom stereocenters. The zero-order chi connectivity index (χ0) is 34.2. The lowest BCUT2D eigenvalue weighted by atomic mass is 9.94. The van der Waals surface area contributed by atoms with Gasteiger partial charge in [0, 0.05) is 30.1 Å². The number of amides is 2. The highest BCUT2D eigenvalue weighted by Gasteiger charge is 2.36. The fourth-order valence-electron chi connectivity index (χ4n) is 6.34. The first-order chi connectivity index (χ1) is 23.8. The SMILES string of the molecule is O=C(NC1CCCCC1)C(Cc1ccccc1)N(Cc1ccccc1Cl)C(=O)CN(c1ccc2c(c1)OCCO2)S(=O)(=O)c1ccccc1. The van der Waals surface area contributed by atoms with E-state index < -0.39 is 28.5 Å². The Hall–Kier alpha value is -4.54. The molecule has 1 N–H and O–H groups in total. The number of sulfonamides is 1. The van der Waals surface area contributed by atoms with Crippen molar-refractivity contribution in [2.24, 2.45) is 0 Å². The summed E-state index contributed by atoms with van der Waals surface area (Å²) in [5.74, 6) is 0.0224. The summed E-state index contributed by atoms with van der Waals surface area (Å²) >= 11 is 6.62. The Kier molecular flexibility index (Phi) is 11.1. The predicted octanol–water partition coefficient (Wildman–Crippen LogP) is 6.40. The average molecular weight is 702 g/mol. The van der Waals surface area contributed by atoms with E-state index in [1.807, 2.05) is 36.4 Å². The minimum absolute atomic E-state index is 0.00413. The zero-order valence-corrected chi connectivity index (χ0v) is 28.7. The number of nitrogens with one attached hydrogen (secondary N) is 1. The second kappa shape index (κ2) is 15.8. The number of carbonyl (C=O) groups is 2. The van der Waals surface area contributed by atoms with E-state index in [4.69, 9.17) is 21.1 Å². The maximum absolute atomic E-state index is 14.8. The molecule has 11 heteroatoms. The van der Waals surface area contributed by atoms with Crippen molar-refractivity contribution in [1.82, 2.24) is 10.2 Å². The Morgan fingerprint density at radius 3 is 2.18 bits per heavy atom. The summed E-state index contributed by atoms with van der Waals surface area (Å²) in [7, 11) is -4.25. The lowest BCUT2D eigenvalue weighted by Gasteiger charge is -2.35. The Balaban J connectivity index is 1.41. The van der Waals surface area contributed by atoms with Crippen LogP contribution in [0.3, 0.4) is 0 Å². The quantitative estimate of drug-likeness (QED) is 0.184. The van der Waals surface area contributed by atoms with Crippen molar-refractivity contribution >= 4 is 39.1 Å². The lowest BCUT2D eigenvalue weighted by Crippen LogP contribution is -2.55. The van der Waals surface area contributed by atoms with Crippen LogP contribution in [0.5, 0.6) is 11.5 Å². The van der Waals surface area contributed by atoms with Crippen molar-refractivity contribution in [3.05, 3.63) is 119 Å². The molecule has 1 aliphatic heterocycles. The normalized spacial score (nSPS) is 15.2. The van der Waals surface area contributed by atoms with Gasteiger partial charge in [-0.2, -0.15) is 0 Å². The lowest BCUT2D eigenvalue weighted by molar-refractivity contribution is -0.140. The van der Waals surface area contributed by atoms with Crippen LogP contribution in [-0.2, 0) is 32.6 Å². The van der Waals surface area contributed by atoms with Gasteiger partial charge < -0.3 is 19.7 Å². The zero-order valence-electron chi connectivity index (χ0n) is 27.2. The van der Waals surface area contributed by atoms with Crippen LogP contribution in [0.2, 0.25) is 5.02 Å². The number of hydrogen-bond donors (Lipinski definition) is 1. The van der Waals surface area contributed by atoms with E-state index in [9.17, 15) is 18.0 Å². The Morgan fingerprint density at radius 2 is 1.47 bits per heavy atom. The van der Waals surface area contributed by atoms with Gasteiger partial charge in [-0.3, -0.25) is 13.9 Å². The van der Waals surface area contributed by atoms with Crippen molar-refractivity contribution in [3.63, 3.8) is 0 Å². The van der Waals surface area contributed by atoms with Crippen molar-refractivity contribution in [1.29, 1.82) is 0 Å². The number of anilines is 1. The molecule has 1 saturated carbocycles. The van der Waals surface area contributed by atoms with Crippen LogP contribution in [0.25, 0.3) is 0 Å². The predicted molar refractivity (Wildman–Crippen MR) is 189 cm³/mol. The van der Waals surface area contributed by atoms with Crippen molar-refractivity contribution in [2.75, 3.05) is 24.1 Å². The molecule has 1 aliphatic carbocycles. The van der Waals surface area contributed by atoms with E-state index in [2.05, 4.69) is 5.32 Å². The maximum Gasteiger partial charge on any atom is 0.264 e. The molecule has 0 aromatic heterocycles. The van der Waals surface area contributed by atoms with Crippen LogP contribution >= 0.6 is 11.6 Å². The molecule has 256 valence electrons. The summed E-state index contributed by atoms with van der Waals surface area (Å²) in [4.78, 5) is 30.5. The van der Waals surface area contributed by atoms with Crippen LogP contribution in [0.15, 0.2) is 108 Å². The Bertz CT molecular complexity index is 1850. The average Bonchev–Trinajstić information content (AvgIpc) is 3.13. The molecule has 6 rings (SSSR count). The largest absolute Gasteiger partial charge is 0.486 e. The van der Waals surface area contributed by atoms with Gasteiger partial charge >= 0.3 is 0 Å². The number of carbonyl (C=O) groups excluding carboxylic acids is 2. The van der Waals surface area contributed by atoms with Gasteiger partial charge in [0.05, 0.1) is 10.6 Å². The molecule has 0 bridgehead atoms. The van der Waals surface area contributed by atoms with Gasteiger partial charge in [0.25, 0.3) is 10.0 Å². The van der Waals surface area contributed by atoms with E-state index in [0.717, 1.165) is 42.0 Å². The van der Waals surface area contributed by atoms with Crippen LogP contribution in [0.4, 0.5) is 5.69 Å². The number of benzene rings is 4. The summed E-state index contributed by atoms with van der Waals surface area (Å²) in [6.07, 6.45) is 5.15. The van der Waals surface area contributed by atoms with E-state index in [1.165, 1.54) is 17.0 Å². The molecule has 0 saturated heterocycles. The molecule has 1 fully saturated rings. The number of nitrogens with zero attached hydrogens (tertiary/aromatic N) is 2. The second-order valence-corrected chi connectivity index (χ2v) is 14.6. The summed E-state index contributed by atoms with van der Waals surface area (Å²) in [5.41, 5.74) is 1.73. The number of ether oxygens (including phenoxy) is 2. The molecule has 0 radical (unpaired) electrons. The highest BCUT2D eigenvalue weighted by atomic mass is 35.5. The smallest absolute Gasteiger partial charge is 0.264 e. The van der Waals surface area contributed by atoms with Gasteiger partial charge in [0.2, 0.25) is 11.8 Å². The third-order valence-corrected chi connectivity index (χ3v) is 11.1. The van der Waals surface area contributed by atoms with Crippen LogP contribution < -0.4 is 19.1 Å². The number of hydrogen-bond acceptors (Lipinski definition) is 6. The molecule has 4 aromatic rings. The molecule has 2 amide bonds. The van der Waals surface area contributed by atoms with Crippen molar-refractivity contribution in [2.45, 2.75) is 62.0 Å². The maximum atomic E-state index is 14.8. The summed E-state index contributed by atoms with van der Waals surface area (Å²) < 4.78 is 41.1. The van der Waals surface area contributed by atoms with E-state index in [0.29, 0.717) is 35.3 Å². The Morgan fingerprint density at radius 1 is 0.816 bits per heavy atom. The van der Waals surface area contributed by atoms with E-state index in [-0.39, 0.29) is 35.5 Å². The summed E-state index contributed by atoms with van der Waals surface area (Å²) in [6.45, 7) is 0.0983. The van der Waals surface area contributed by atoms with E-state index in [1.54, 1.807) is 54.6 Å². The fourth-order valence-corrected chi connectivity index (χ4v) is 7.97. The van der Waals surface area contributed by atoms with Crippen LogP contribution in [0, 0.1) is 0 Å². The number of fused-ring (bicyclic) bond motifs is 1. The monoisotopic (exact) mass is 701 g/mol. The minimum Gasteiger partial charge on any atom is -0.486 e. The highest BCUT2D eigenvalue weighted by Crippen LogP contribution is 2.36. The number of halogens is 1. The van der Waals surface area contributed by atoms with Crippen LogP contribution in [-0.4, -0.2) is 57.0 Å². The molecular formula is C38H40ClN3O6S. The molecular weight excluding hydrogens is 662 g/mol. The summed E-state index contributed by atoms with van der Waals surface area (Å²) in [5, 5.41) is 3.66. The van der Waals surface area contributed by atoms with Crippen molar-refractivity contribution in [3.8, 4) is 11.5 Å². The van der Waals surface area contributed by atoms with Gasteiger partial charge in [-0.25, -0.2) is 8.42 Å². The highest BCUT2D eigenvalue weighted by molar-refractivity contribution is 7.92. The first-order valence-corrected chi connectivity index (χ1v) is 18.5. The molecule has 9 nitrogen and oxygen atoms in total. The molecule has 49 heavy (non-hydrogen) atoms. The molecule has 1 atom stereocenters. The van der Waals surface area contributed by atoms with Gasteiger partial charge in [-0.05, 0) is 54.3 Å². The number of rotatable bonds is 12. The molecule has 1 heterocycles. The molecule has 4 aromatic carbocycles. The van der Waals surface area contributed by atoms with E-state index >= 15 is 0 Å². The van der Waals surface area contributed by atoms with Crippen LogP contribution in [0.1, 0.15) is 43.2 Å². The topological polar surface area (TPSA) is 105 Å². The summed E-state index contributed by atoms with van der Waals surface area (Å²) in [6, 6.07) is 28.5. The molecule has 0 spiro atoms. The molecule has 2 aliphatic rings. The van der Waals surface area contributed by atoms with Gasteiger partial charge in [0.15, 0.2) is 11.5 Å². The third kappa shape index (κ3) is 8.37. The first-order valence-electron chi connectivity index (χ1n) is 16.6. The fraction of sp³-hybridized carbons (Fsp3) is 0.316. The van der Waals surface area contributed by atoms with Gasteiger partial charge in [-0.15, -0.1) is 0 Å². The second-order valence-electron chi connectivity index (χ2n) is 12.3.